The van der Waals surface area contributed by atoms with Gasteiger partial charge in [-0.05, 0) is 19.8 Å². The van der Waals surface area contributed by atoms with E-state index in [4.69, 9.17) is 4.74 Å². The van der Waals surface area contributed by atoms with Crippen LogP contribution in [0.1, 0.15) is 27.7 Å². The zero-order valence-corrected chi connectivity index (χ0v) is 13.2. The van der Waals surface area contributed by atoms with Crippen molar-refractivity contribution in [2.24, 2.45) is 5.92 Å². The van der Waals surface area contributed by atoms with E-state index in [1.807, 2.05) is 27.7 Å². The van der Waals surface area contributed by atoms with Crippen LogP contribution in [0.2, 0.25) is 0 Å². The number of amides is 1. The maximum Gasteiger partial charge on any atom is 0.328 e. The molecule has 0 spiro atoms. The van der Waals surface area contributed by atoms with E-state index in [1.54, 1.807) is 0 Å². The van der Waals surface area contributed by atoms with E-state index in [0.717, 1.165) is 26.2 Å². The number of hydrogen-bond acceptors (Lipinski definition) is 5. The van der Waals surface area contributed by atoms with Crippen LogP contribution in [0.4, 0.5) is 0 Å². The summed E-state index contributed by atoms with van der Waals surface area (Å²) in [6.07, 6.45) is 0. The number of carbonyl (C=O) groups excluding carboxylic acids is 2. The Morgan fingerprint density at radius 1 is 1.25 bits per heavy atom. The van der Waals surface area contributed by atoms with E-state index in [1.165, 1.54) is 7.11 Å². The van der Waals surface area contributed by atoms with Crippen molar-refractivity contribution in [2.45, 2.75) is 39.3 Å². The molecule has 1 saturated heterocycles. The first kappa shape index (κ1) is 16.9. The van der Waals surface area contributed by atoms with Gasteiger partial charge in [0.1, 0.15) is 6.04 Å². The molecule has 1 fully saturated rings. The summed E-state index contributed by atoms with van der Waals surface area (Å²) in [5, 5.41) is 6.09. The Balaban J connectivity index is 2.73. The predicted octanol–water partition coefficient (Wildman–Crippen LogP) is -0.0160. The van der Waals surface area contributed by atoms with E-state index in [9.17, 15) is 9.59 Å². The fourth-order valence-electron chi connectivity index (χ4n) is 2.31. The van der Waals surface area contributed by atoms with Gasteiger partial charge in [0.05, 0.1) is 12.6 Å². The number of ether oxygens (including phenoxy) is 1. The molecule has 0 aromatic rings. The van der Waals surface area contributed by atoms with Crippen molar-refractivity contribution in [1.82, 2.24) is 15.5 Å². The first-order valence-electron chi connectivity index (χ1n) is 7.15. The zero-order valence-electron chi connectivity index (χ0n) is 13.2. The van der Waals surface area contributed by atoms with Crippen LogP contribution in [-0.2, 0) is 14.3 Å². The molecule has 0 saturated carbocycles. The third kappa shape index (κ3) is 3.93. The van der Waals surface area contributed by atoms with Gasteiger partial charge in [0.25, 0.3) is 0 Å². The highest BCUT2D eigenvalue weighted by Gasteiger charge is 2.37. The minimum absolute atomic E-state index is 0.00905. The van der Waals surface area contributed by atoms with Crippen LogP contribution >= 0.6 is 0 Å². The number of nitrogens with one attached hydrogen (secondary N) is 2. The molecule has 1 rings (SSSR count). The zero-order chi connectivity index (χ0) is 15.3. The number of carbonyl (C=O) groups is 2. The number of nitrogens with zero attached hydrogens (tertiary/aromatic N) is 1. The Bertz CT molecular complexity index is 350. The Labute approximate surface area is 121 Å². The lowest BCUT2D eigenvalue weighted by Crippen LogP contribution is -2.62. The van der Waals surface area contributed by atoms with E-state index in [2.05, 4.69) is 15.5 Å². The third-order valence-corrected chi connectivity index (χ3v) is 3.87. The third-order valence-electron chi connectivity index (χ3n) is 3.87. The molecule has 0 bridgehead atoms. The van der Waals surface area contributed by atoms with Crippen molar-refractivity contribution in [3.8, 4) is 0 Å². The number of methoxy groups -OCH3 is 1. The molecule has 0 aromatic carbocycles. The molecule has 1 amide bonds. The van der Waals surface area contributed by atoms with Crippen molar-refractivity contribution in [3.63, 3.8) is 0 Å². The lowest BCUT2D eigenvalue weighted by atomic mass is 9.97. The fourth-order valence-corrected chi connectivity index (χ4v) is 2.31. The monoisotopic (exact) mass is 285 g/mol. The van der Waals surface area contributed by atoms with Crippen LogP contribution in [0.3, 0.4) is 0 Å². The maximum absolute atomic E-state index is 12.5. The van der Waals surface area contributed by atoms with Crippen molar-refractivity contribution in [2.75, 3.05) is 33.3 Å². The average molecular weight is 285 g/mol. The van der Waals surface area contributed by atoms with Crippen LogP contribution in [-0.4, -0.2) is 61.6 Å². The topological polar surface area (TPSA) is 70.7 Å². The normalized spacial score (nSPS) is 18.7. The van der Waals surface area contributed by atoms with Crippen LogP contribution < -0.4 is 10.6 Å². The average Bonchev–Trinajstić information content (AvgIpc) is 2.44. The molecule has 1 heterocycles. The summed E-state index contributed by atoms with van der Waals surface area (Å²) in [6, 6.07) is -0.602. The van der Waals surface area contributed by atoms with Crippen molar-refractivity contribution in [3.05, 3.63) is 0 Å². The molecular formula is C14H27N3O3. The number of esters is 1. The molecule has 20 heavy (non-hydrogen) atoms. The molecule has 0 aromatic heterocycles. The number of piperazine rings is 1. The van der Waals surface area contributed by atoms with E-state index >= 15 is 0 Å². The highest BCUT2D eigenvalue weighted by atomic mass is 16.5. The summed E-state index contributed by atoms with van der Waals surface area (Å²) >= 11 is 0. The molecule has 1 aliphatic heterocycles. The van der Waals surface area contributed by atoms with E-state index < -0.39 is 17.6 Å². The number of hydrogen-bond donors (Lipinski definition) is 2. The van der Waals surface area contributed by atoms with Gasteiger partial charge in [-0.2, -0.15) is 0 Å². The smallest absolute Gasteiger partial charge is 0.328 e. The van der Waals surface area contributed by atoms with Gasteiger partial charge in [0, 0.05) is 26.2 Å². The van der Waals surface area contributed by atoms with Crippen LogP contribution in [0.15, 0.2) is 0 Å². The standard InChI is InChI=1S/C14H27N3O3/c1-10(2)11(12(18)20-5)16-13(19)14(3,4)17-8-6-15-7-9-17/h10-11,15H,6-9H2,1-5H3,(H,16,19). The summed E-state index contributed by atoms with van der Waals surface area (Å²) in [7, 11) is 1.34. The molecule has 116 valence electrons. The van der Waals surface area contributed by atoms with Gasteiger partial charge in [0.15, 0.2) is 0 Å². The summed E-state index contributed by atoms with van der Waals surface area (Å²) in [6.45, 7) is 11.0. The molecule has 6 nitrogen and oxygen atoms in total. The van der Waals surface area contributed by atoms with Crippen molar-refractivity contribution in [1.29, 1.82) is 0 Å². The van der Waals surface area contributed by atoms with Gasteiger partial charge in [-0.3, -0.25) is 9.69 Å². The first-order chi connectivity index (χ1) is 9.30. The highest BCUT2D eigenvalue weighted by Crippen LogP contribution is 2.16. The van der Waals surface area contributed by atoms with E-state index in [-0.39, 0.29) is 11.8 Å². The van der Waals surface area contributed by atoms with Gasteiger partial charge >= 0.3 is 5.97 Å². The SMILES string of the molecule is COC(=O)C(NC(=O)C(C)(C)N1CCNCC1)C(C)C. The van der Waals surface area contributed by atoms with Gasteiger partial charge in [0.2, 0.25) is 5.91 Å². The molecule has 0 radical (unpaired) electrons. The Morgan fingerprint density at radius 2 is 1.80 bits per heavy atom. The molecule has 2 N–H and O–H groups in total. The Morgan fingerprint density at radius 3 is 2.25 bits per heavy atom. The Kier molecular flexibility index (Phi) is 5.95. The second-order valence-corrected chi connectivity index (χ2v) is 6.01. The lowest BCUT2D eigenvalue weighted by Gasteiger charge is -2.40. The van der Waals surface area contributed by atoms with Gasteiger partial charge < -0.3 is 15.4 Å². The molecule has 6 heteroatoms. The molecule has 1 aliphatic rings. The van der Waals surface area contributed by atoms with E-state index in [0.29, 0.717) is 0 Å². The highest BCUT2D eigenvalue weighted by molar-refractivity contribution is 5.90. The summed E-state index contributed by atoms with van der Waals surface area (Å²) in [4.78, 5) is 26.4. The molecule has 0 aliphatic carbocycles. The maximum atomic E-state index is 12.5. The lowest BCUT2D eigenvalue weighted by molar-refractivity contribution is -0.148. The summed E-state index contributed by atoms with van der Waals surface area (Å²) in [5.41, 5.74) is -0.636. The fraction of sp³-hybridized carbons (Fsp3) is 0.857. The van der Waals surface area contributed by atoms with Gasteiger partial charge in [-0.25, -0.2) is 4.79 Å². The largest absolute Gasteiger partial charge is 0.467 e. The summed E-state index contributed by atoms with van der Waals surface area (Å²) in [5.74, 6) is -0.543. The van der Waals surface area contributed by atoms with Crippen LogP contribution in [0.5, 0.6) is 0 Å². The minimum atomic E-state index is -0.636. The minimum Gasteiger partial charge on any atom is -0.467 e. The number of rotatable bonds is 5. The Hall–Kier alpha value is -1.14. The van der Waals surface area contributed by atoms with Crippen LogP contribution in [0, 0.1) is 5.92 Å². The second-order valence-electron chi connectivity index (χ2n) is 6.01. The molecule has 1 atom stereocenters. The van der Waals surface area contributed by atoms with Crippen LogP contribution in [0.25, 0.3) is 0 Å². The van der Waals surface area contributed by atoms with Crippen molar-refractivity contribution >= 4 is 11.9 Å². The molecular weight excluding hydrogens is 258 g/mol. The summed E-state index contributed by atoms with van der Waals surface area (Å²) < 4.78 is 4.76. The van der Waals surface area contributed by atoms with Gasteiger partial charge in [-0.15, -0.1) is 0 Å². The quantitative estimate of drug-likeness (QED) is 0.695. The van der Waals surface area contributed by atoms with Gasteiger partial charge in [-0.1, -0.05) is 13.8 Å². The first-order valence-corrected chi connectivity index (χ1v) is 7.15. The molecule has 1 unspecified atom stereocenters. The van der Waals surface area contributed by atoms with Crippen molar-refractivity contribution < 1.29 is 14.3 Å². The second kappa shape index (κ2) is 7.04. The predicted molar refractivity (Wildman–Crippen MR) is 77.3 cm³/mol.